The molecule has 2 aliphatic rings. The summed E-state index contributed by atoms with van der Waals surface area (Å²) in [7, 11) is 0. The van der Waals surface area contributed by atoms with Crippen LogP contribution >= 0.6 is 0 Å². The van der Waals surface area contributed by atoms with Gasteiger partial charge in [-0.1, -0.05) is 19.9 Å². The predicted octanol–water partition coefficient (Wildman–Crippen LogP) is 1.91. The Morgan fingerprint density at radius 3 is 3.00 bits per heavy atom. The Labute approximate surface area is 107 Å². The van der Waals surface area contributed by atoms with E-state index in [9.17, 15) is 4.79 Å². The molecule has 3 rings (SSSR count). The van der Waals surface area contributed by atoms with Gasteiger partial charge in [0.25, 0.3) is 5.91 Å². The Balaban J connectivity index is 1.67. The standard InChI is InChI=1S/C14H18N2O2/c1-14(2)6-12(14)15-7-9-3-4-11-10(5-9)16-13(17)8-18-11/h3-5,12,15H,6-8H2,1-2H3,(H,16,17). The van der Waals surface area contributed by atoms with Crippen molar-refractivity contribution >= 4 is 11.6 Å². The van der Waals surface area contributed by atoms with Crippen molar-refractivity contribution < 1.29 is 9.53 Å². The molecule has 1 aromatic rings. The highest BCUT2D eigenvalue weighted by Crippen LogP contribution is 2.44. The maximum Gasteiger partial charge on any atom is 0.262 e. The largest absolute Gasteiger partial charge is 0.482 e. The van der Waals surface area contributed by atoms with Gasteiger partial charge in [0, 0.05) is 12.6 Å². The Hall–Kier alpha value is -1.55. The molecule has 96 valence electrons. The molecule has 4 nitrogen and oxygen atoms in total. The molecule has 1 saturated carbocycles. The van der Waals surface area contributed by atoms with E-state index in [1.165, 1.54) is 12.0 Å². The number of anilines is 1. The zero-order chi connectivity index (χ0) is 12.8. The second-order valence-electron chi connectivity index (χ2n) is 5.79. The van der Waals surface area contributed by atoms with Crippen molar-refractivity contribution in [2.75, 3.05) is 11.9 Å². The van der Waals surface area contributed by atoms with Crippen molar-refractivity contribution in [3.63, 3.8) is 0 Å². The summed E-state index contributed by atoms with van der Waals surface area (Å²) in [6, 6.07) is 6.55. The maximum atomic E-state index is 11.2. The van der Waals surface area contributed by atoms with Crippen molar-refractivity contribution in [2.45, 2.75) is 32.9 Å². The molecule has 0 radical (unpaired) electrons. The molecule has 1 aliphatic carbocycles. The highest BCUT2D eigenvalue weighted by Gasteiger charge is 2.44. The molecule has 1 heterocycles. The average molecular weight is 246 g/mol. The van der Waals surface area contributed by atoms with Gasteiger partial charge in [-0.25, -0.2) is 0 Å². The Kier molecular flexibility index (Phi) is 2.55. The number of carbonyl (C=O) groups excluding carboxylic acids is 1. The molecule has 1 aromatic carbocycles. The van der Waals surface area contributed by atoms with E-state index < -0.39 is 0 Å². The predicted molar refractivity (Wildman–Crippen MR) is 69.6 cm³/mol. The first-order valence-electron chi connectivity index (χ1n) is 6.33. The Morgan fingerprint density at radius 1 is 1.50 bits per heavy atom. The molecule has 1 aliphatic heterocycles. The highest BCUT2D eigenvalue weighted by molar-refractivity contribution is 5.95. The van der Waals surface area contributed by atoms with Gasteiger partial charge in [0.15, 0.2) is 6.61 Å². The lowest BCUT2D eigenvalue weighted by Gasteiger charge is -2.18. The number of hydrogen-bond acceptors (Lipinski definition) is 3. The normalized spacial score (nSPS) is 23.9. The smallest absolute Gasteiger partial charge is 0.262 e. The number of fused-ring (bicyclic) bond motifs is 1. The summed E-state index contributed by atoms with van der Waals surface area (Å²) < 4.78 is 5.33. The lowest BCUT2D eigenvalue weighted by molar-refractivity contribution is -0.118. The van der Waals surface area contributed by atoms with E-state index in [-0.39, 0.29) is 12.5 Å². The zero-order valence-electron chi connectivity index (χ0n) is 10.7. The summed E-state index contributed by atoms with van der Waals surface area (Å²) in [5.74, 6) is 0.668. The van der Waals surface area contributed by atoms with Crippen LogP contribution in [0.25, 0.3) is 0 Å². The molecule has 4 heteroatoms. The van der Waals surface area contributed by atoms with Crippen LogP contribution in [0.1, 0.15) is 25.8 Å². The first-order chi connectivity index (χ1) is 8.54. The lowest BCUT2D eigenvalue weighted by atomic mass is 10.1. The fraction of sp³-hybridized carbons (Fsp3) is 0.500. The van der Waals surface area contributed by atoms with Crippen LogP contribution in [0.3, 0.4) is 0 Å². The molecular formula is C14H18N2O2. The number of benzene rings is 1. The summed E-state index contributed by atoms with van der Waals surface area (Å²) in [5, 5.41) is 6.36. The van der Waals surface area contributed by atoms with Crippen molar-refractivity contribution in [1.82, 2.24) is 5.32 Å². The molecule has 1 unspecified atom stereocenters. The summed E-state index contributed by atoms with van der Waals surface area (Å²) in [6.07, 6.45) is 1.23. The van der Waals surface area contributed by atoms with E-state index in [1.54, 1.807) is 0 Å². The number of nitrogens with one attached hydrogen (secondary N) is 2. The van der Waals surface area contributed by atoms with Crippen molar-refractivity contribution in [1.29, 1.82) is 0 Å². The molecule has 0 saturated heterocycles. The maximum absolute atomic E-state index is 11.2. The third kappa shape index (κ3) is 2.20. The molecule has 1 fully saturated rings. The number of carbonyl (C=O) groups is 1. The molecule has 0 spiro atoms. The van der Waals surface area contributed by atoms with Crippen LogP contribution in [0.4, 0.5) is 5.69 Å². The average Bonchev–Trinajstić information content (AvgIpc) is 2.94. The SMILES string of the molecule is CC1(C)CC1NCc1ccc2c(c1)NC(=O)CO2. The van der Waals surface area contributed by atoms with Gasteiger partial charge in [0.1, 0.15) is 5.75 Å². The second kappa shape index (κ2) is 3.99. The number of rotatable bonds is 3. The van der Waals surface area contributed by atoms with Gasteiger partial charge in [-0.15, -0.1) is 0 Å². The molecular weight excluding hydrogens is 228 g/mol. The van der Waals surface area contributed by atoms with E-state index in [2.05, 4.69) is 24.5 Å². The third-order valence-corrected chi connectivity index (χ3v) is 3.74. The first-order valence-corrected chi connectivity index (χ1v) is 6.33. The van der Waals surface area contributed by atoms with Crippen LogP contribution in [0.2, 0.25) is 0 Å². The topological polar surface area (TPSA) is 50.4 Å². The van der Waals surface area contributed by atoms with Gasteiger partial charge in [0.2, 0.25) is 0 Å². The van der Waals surface area contributed by atoms with E-state index >= 15 is 0 Å². The quantitative estimate of drug-likeness (QED) is 0.856. The minimum absolute atomic E-state index is 0.0871. The highest BCUT2D eigenvalue weighted by atomic mass is 16.5. The summed E-state index contributed by atoms with van der Waals surface area (Å²) in [4.78, 5) is 11.2. The third-order valence-electron chi connectivity index (χ3n) is 3.74. The van der Waals surface area contributed by atoms with Gasteiger partial charge < -0.3 is 15.4 Å². The summed E-state index contributed by atoms with van der Waals surface area (Å²) >= 11 is 0. The van der Waals surface area contributed by atoms with Crippen molar-refractivity contribution in [3.05, 3.63) is 23.8 Å². The van der Waals surface area contributed by atoms with Crippen molar-refractivity contribution in [3.8, 4) is 5.75 Å². The zero-order valence-corrected chi connectivity index (χ0v) is 10.7. The van der Waals surface area contributed by atoms with Crippen molar-refractivity contribution in [2.24, 2.45) is 5.41 Å². The van der Waals surface area contributed by atoms with Crippen LogP contribution < -0.4 is 15.4 Å². The Morgan fingerprint density at radius 2 is 2.28 bits per heavy atom. The van der Waals surface area contributed by atoms with Crippen LogP contribution in [0.5, 0.6) is 5.75 Å². The van der Waals surface area contributed by atoms with Crippen LogP contribution in [-0.4, -0.2) is 18.6 Å². The van der Waals surface area contributed by atoms with Gasteiger partial charge in [-0.05, 0) is 29.5 Å². The van der Waals surface area contributed by atoms with E-state index in [0.29, 0.717) is 11.5 Å². The monoisotopic (exact) mass is 246 g/mol. The van der Waals surface area contributed by atoms with Gasteiger partial charge >= 0.3 is 0 Å². The van der Waals surface area contributed by atoms with Crippen LogP contribution in [-0.2, 0) is 11.3 Å². The number of amides is 1. The fourth-order valence-electron chi connectivity index (χ4n) is 2.30. The second-order valence-corrected chi connectivity index (χ2v) is 5.79. The number of hydrogen-bond donors (Lipinski definition) is 2. The molecule has 18 heavy (non-hydrogen) atoms. The van der Waals surface area contributed by atoms with Gasteiger partial charge in [-0.2, -0.15) is 0 Å². The van der Waals surface area contributed by atoms with E-state index in [4.69, 9.17) is 4.74 Å². The van der Waals surface area contributed by atoms with Gasteiger partial charge in [0.05, 0.1) is 5.69 Å². The minimum atomic E-state index is -0.0871. The summed E-state index contributed by atoms with van der Waals surface area (Å²) in [6.45, 7) is 5.48. The van der Waals surface area contributed by atoms with E-state index in [0.717, 1.165) is 18.0 Å². The van der Waals surface area contributed by atoms with Crippen LogP contribution in [0, 0.1) is 5.41 Å². The Bertz CT molecular complexity index is 497. The lowest BCUT2D eigenvalue weighted by Crippen LogP contribution is -2.26. The molecule has 2 N–H and O–H groups in total. The fourth-order valence-corrected chi connectivity index (χ4v) is 2.30. The molecule has 1 amide bonds. The minimum Gasteiger partial charge on any atom is -0.482 e. The first kappa shape index (κ1) is 11.5. The number of ether oxygens (including phenoxy) is 1. The van der Waals surface area contributed by atoms with E-state index in [1.807, 2.05) is 18.2 Å². The summed E-state index contributed by atoms with van der Waals surface area (Å²) in [5.41, 5.74) is 2.38. The van der Waals surface area contributed by atoms with Gasteiger partial charge in [-0.3, -0.25) is 4.79 Å². The molecule has 0 bridgehead atoms. The molecule has 1 atom stereocenters. The molecule has 0 aromatic heterocycles. The van der Waals surface area contributed by atoms with Crippen LogP contribution in [0.15, 0.2) is 18.2 Å².